The first-order chi connectivity index (χ1) is 11.8. The van der Waals surface area contributed by atoms with E-state index in [1.54, 1.807) is 0 Å². The molecule has 2 N–H and O–H groups in total. The summed E-state index contributed by atoms with van der Waals surface area (Å²) >= 11 is 6.41. The second-order valence-electron chi connectivity index (χ2n) is 7.63. The predicted octanol–water partition coefficient (Wildman–Crippen LogP) is 3.41. The Morgan fingerprint density at radius 2 is 2.08 bits per heavy atom. The number of nitrogens with two attached hydrogens (primary N) is 1. The Balaban J connectivity index is 2.01. The van der Waals surface area contributed by atoms with Gasteiger partial charge in [-0.15, -0.1) is 0 Å². The van der Waals surface area contributed by atoms with Gasteiger partial charge in [-0.25, -0.2) is 0 Å². The molecule has 0 radical (unpaired) electrons. The standard InChI is InChI=1S/C19H25ClN4O/c1-19(2,3)24-12-13(11-23-10-6-9-16(23)18(21)25)17(22-24)14-7-4-5-8-15(14)20/h4-5,7-8,12,16H,6,9-11H2,1-3H3,(H2,21,25)/t16-/m1/s1. The normalized spacial score (nSPS) is 18.6. The number of carbonyl (C=O) groups excluding carboxylic acids is 1. The van der Waals surface area contributed by atoms with E-state index >= 15 is 0 Å². The summed E-state index contributed by atoms with van der Waals surface area (Å²) in [5.74, 6) is -0.250. The quantitative estimate of drug-likeness (QED) is 0.908. The number of nitrogens with zero attached hydrogens (tertiary/aromatic N) is 3. The highest BCUT2D eigenvalue weighted by molar-refractivity contribution is 6.33. The van der Waals surface area contributed by atoms with Crippen LogP contribution in [0.5, 0.6) is 0 Å². The molecule has 0 bridgehead atoms. The largest absolute Gasteiger partial charge is 0.368 e. The average Bonchev–Trinajstić information content (AvgIpc) is 3.15. The van der Waals surface area contributed by atoms with E-state index in [2.05, 4.69) is 31.9 Å². The first-order valence-electron chi connectivity index (χ1n) is 8.64. The average molecular weight is 361 g/mol. The molecule has 5 nitrogen and oxygen atoms in total. The molecule has 25 heavy (non-hydrogen) atoms. The maximum absolute atomic E-state index is 11.7. The topological polar surface area (TPSA) is 64.2 Å². The van der Waals surface area contributed by atoms with E-state index in [9.17, 15) is 4.79 Å². The molecule has 0 saturated carbocycles. The Kier molecular flexibility index (Phi) is 4.89. The van der Waals surface area contributed by atoms with Crippen molar-refractivity contribution in [1.82, 2.24) is 14.7 Å². The van der Waals surface area contributed by atoms with Crippen LogP contribution in [0.1, 0.15) is 39.2 Å². The number of aromatic nitrogens is 2. The van der Waals surface area contributed by atoms with Crippen molar-refractivity contribution in [3.63, 3.8) is 0 Å². The summed E-state index contributed by atoms with van der Waals surface area (Å²) in [6.45, 7) is 7.85. The Hall–Kier alpha value is -1.85. The molecular weight excluding hydrogens is 336 g/mol. The number of amides is 1. The Morgan fingerprint density at radius 1 is 1.36 bits per heavy atom. The van der Waals surface area contributed by atoms with Crippen molar-refractivity contribution < 1.29 is 4.79 Å². The van der Waals surface area contributed by atoms with Gasteiger partial charge in [-0.3, -0.25) is 14.4 Å². The maximum Gasteiger partial charge on any atom is 0.234 e. The van der Waals surface area contributed by atoms with Crippen LogP contribution in [0, 0.1) is 0 Å². The molecule has 1 saturated heterocycles. The molecule has 3 rings (SSSR count). The number of benzene rings is 1. The molecule has 2 aromatic rings. The van der Waals surface area contributed by atoms with Crippen molar-refractivity contribution >= 4 is 17.5 Å². The molecule has 0 unspecified atom stereocenters. The van der Waals surface area contributed by atoms with Crippen molar-refractivity contribution in [1.29, 1.82) is 0 Å². The molecule has 1 aromatic carbocycles. The minimum Gasteiger partial charge on any atom is -0.368 e. The lowest BCUT2D eigenvalue weighted by Crippen LogP contribution is -2.39. The summed E-state index contributed by atoms with van der Waals surface area (Å²) in [7, 11) is 0. The molecule has 1 amide bonds. The molecule has 1 aliphatic heterocycles. The summed E-state index contributed by atoms with van der Waals surface area (Å²) in [5.41, 5.74) is 8.28. The number of hydrogen-bond donors (Lipinski definition) is 1. The van der Waals surface area contributed by atoms with Crippen LogP contribution in [0.15, 0.2) is 30.5 Å². The number of halogens is 1. The monoisotopic (exact) mass is 360 g/mol. The van der Waals surface area contributed by atoms with Crippen LogP contribution >= 0.6 is 11.6 Å². The van der Waals surface area contributed by atoms with Crippen molar-refractivity contribution in [2.75, 3.05) is 6.54 Å². The minimum atomic E-state index is -0.250. The zero-order valence-corrected chi connectivity index (χ0v) is 15.8. The van der Waals surface area contributed by atoms with Crippen molar-refractivity contribution in [2.45, 2.75) is 51.7 Å². The minimum absolute atomic E-state index is 0.137. The molecule has 1 fully saturated rings. The first-order valence-corrected chi connectivity index (χ1v) is 9.02. The molecule has 1 aromatic heterocycles. The van der Waals surface area contributed by atoms with Crippen LogP contribution in [-0.4, -0.2) is 33.2 Å². The van der Waals surface area contributed by atoms with Gasteiger partial charge in [-0.05, 0) is 46.2 Å². The van der Waals surface area contributed by atoms with E-state index in [-0.39, 0.29) is 17.5 Å². The first kappa shape index (κ1) is 18.0. The number of carbonyl (C=O) groups is 1. The zero-order chi connectivity index (χ0) is 18.2. The number of likely N-dealkylation sites (tertiary alicyclic amines) is 1. The van der Waals surface area contributed by atoms with Crippen LogP contribution in [0.25, 0.3) is 11.3 Å². The van der Waals surface area contributed by atoms with Crippen molar-refractivity contribution in [2.24, 2.45) is 5.73 Å². The molecule has 0 spiro atoms. The fourth-order valence-electron chi connectivity index (χ4n) is 3.31. The molecule has 1 aliphatic rings. The van der Waals surface area contributed by atoms with E-state index in [0.717, 1.165) is 36.2 Å². The summed E-state index contributed by atoms with van der Waals surface area (Å²) in [4.78, 5) is 13.9. The number of rotatable bonds is 4. The third-order valence-electron chi connectivity index (χ3n) is 4.67. The van der Waals surface area contributed by atoms with Crippen molar-refractivity contribution in [3.8, 4) is 11.3 Å². The zero-order valence-electron chi connectivity index (χ0n) is 15.0. The van der Waals surface area contributed by atoms with Gasteiger partial charge in [-0.1, -0.05) is 29.8 Å². The maximum atomic E-state index is 11.7. The Bertz CT molecular complexity index is 778. The summed E-state index contributed by atoms with van der Waals surface area (Å²) < 4.78 is 1.97. The van der Waals surface area contributed by atoms with E-state index in [1.165, 1.54) is 0 Å². The Labute approximate surface area is 153 Å². The van der Waals surface area contributed by atoms with Gasteiger partial charge in [0.05, 0.1) is 22.3 Å². The van der Waals surface area contributed by atoms with Gasteiger partial charge in [0.25, 0.3) is 0 Å². The van der Waals surface area contributed by atoms with E-state index in [0.29, 0.717) is 11.6 Å². The van der Waals surface area contributed by atoms with Crippen LogP contribution in [0.2, 0.25) is 5.02 Å². The molecule has 2 heterocycles. The summed E-state index contributed by atoms with van der Waals surface area (Å²) in [6, 6.07) is 7.53. The van der Waals surface area contributed by atoms with E-state index in [4.69, 9.17) is 22.4 Å². The highest BCUT2D eigenvalue weighted by Gasteiger charge is 2.30. The van der Waals surface area contributed by atoms with Gasteiger partial charge in [0.1, 0.15) is 0 Å². The molecule has 134 valence electrons. The second kappa shape index (κ2) is 6.81. The molecule has 0 aliphatic carbocycles. The summed E-state index contributed by atoms with van der Waals surface area (Å²) in [6.07, 6.45) is 3.88. The smallest absolute Gasteiger partial charge is 0.234 e. The van der Waals surface area contributed by atoms with Gasteiger partial charge in [0.15, 0.2) is 0 Å². The van der Waals surface area contributed by atoms with Gasteiger partial charge >= 0.3 is 0 Å². The Morgan fingerprint density at radius 3 is 2.72 bits per heavy atom. The number of primary amides is 1. The fourth-order valence-corrected chi connectivity index (χ4v) is 3.53. The SMILES string of the molecule is CC(C)(C)n1cc(CN2CCC[C@@H]2C(N)=O)c(-c2ccccc2Cl)n1. The lowest BCUT2D eigenvalue weighted by Gasteiger charge is -2.22. The van der Waals surface area contributed by atoms with Crippen LogP contribution in [0.4, 0.5) is 0 Å². The van der Waals surface area contributed by atoms with E-state index in [1.807, 2.05) is 28.9 Å². The molecule has 1 atom stereocenters. The lowest BCUT2D eigenvalue weighted by molar-refractivity contribution is -0.122. The third-order valence-corrected chi connectivity index (χ3v) is 5.00. The predicted molar refractivity (Wildman–Crippen MR) is 100 cm³/mol. The van der Waals surface area contributed by atoms with Crippen LogP contribution < -0.4 is 5.73 Å². The highest BCUT2D eigenvalue weighted by Crippen LogP contribution is 2.32. The highest BCUT2D eigenvalue weighted by atomic mass is 35.5. The molecular formula is C19H25ClN4O. The van der Waals surface area contributed by atoms with E-state index < -0.39 is 0 Å². The van der Waals surface area contributed by atoms with Gasteiger partial charge in [-0.2, -0.15) is 5.10 Å². The van der Waals surface area contributed by atoms with Crippen molar-refractivity contribution in [3.05, 3.63) is 41.0 Å². The lowest BCUT2D eigenvalue weighted by atomic mass is 10.1. The van der Waals surface area contributed by atoms with Crippen LogP contribution in [0.3, 0.4) is 0 Å². The third kappa shape index (κ3) is 3.72. The summed E-state index contributed by atoms with van der Waals surface area (Å²) in [5, 5.41) is 5.49. The van der Waals surface area contributed by atoms with Gasteiger partial charge in [0, 0.05) is 23.9 Å². The second-order valence-corrected chi connectivity index (χ2v) is 8.04. The molecule has 6 heteroatoms. The van der Waals surface area contributed by atoms with Gasteiger partial charge < -0.3 is 5.73 Å². The van der Waals surface area contributed by atoms with Gasteiger partial charge in [0.2, 0.25) is 5.91 Å². The fraction of sp³-hybridized carbons (Fsp3) is 0.474. The number of hydrogen-bond acceptors (Lipinski definition) is 3. The van der Waals surface area contributed by atoms with Crippen LogP contribution in [-0.2, 0) is 16.9 Å².